The quantitative estimate of drug-likeness (QED) is 0.857. The number of nitrogens with zero attached hydrogens (tertiary/aromatic N) is 5. The summed E-state index contributed by atoms with van der Waals surface area (Å²) in [4.78, 5) is 31.2. The first kappa shape index (κ1) is 17.8. The average molecular weight is 368 g/mol. The summed E-state index contributed by atoms with van der Waals surface area (Å²) in [6.45, 7) is 6.59. The van der Waals surface area contributed by atoms with E-state index in [0.29, 0.717) is 30.6 Å². The fraction of sp³-hybridized carbons (Fsp3) is 0.526. The molecule has 2 saturated heterocycles. The largest absolute Gasteiger partial charge is 0.371 e. The molecule has 2 aliphatic heterocycles. The molecule has 4 rings (SSSR count). The number of hydrogen-bond acceptors (Lipinski definition) is 7. The zero-order valence-corrected chi connectivity index (χ0v) is 15.7. The number of carbonyl (C=O) groups excluding carboxylic acids is 1. The van der Waals surface area contributed by atoms with Gasteiger partial charge in [-0.15, -0.1) is 0 Å². The summed E-state index contributed by atoms with van der Waals surface area (Å²) < 4.78 is 6.05. The van der Waals surface area contributed by atoms with Gasteiger partial charge in [-0.3, -0.25) is 9.78 Å². The van der Waals surface area contributed by atoms with Crippen LogP contribution in [0.25, 0.3) is 0 Å². The Labute approximate surface area is 158 Å². The van der Waals surface area contributed by atoms with Gasteiger partial charge in [-0.2, -0.15) is 0 Å². The molecule has 0 radical (unpaired) electrons. The first-order valence-electron chi connectivity index (χ1n) is 9.30. The van der Waals surface area contributed by atoms with E-state index in [2.05, 4.69) is 25.3 Å². The Kier molecular flexibility index (Phi) is 4.73. The molecule has 4 heterocycles. The maximum Gasteiger partial charge on any atom is 0.274 e. The van der Waals surface area contributed by atoms with Crippen LogP contribution in [-0.4, -0.2) is 62.6 Å². The number of ether oxygens (including phenoxy) is 1. The topological polar surface area (TPSA) is 93.1 Å². The molecule has 0 aromatic carbocycles. The van der Waals surface area contributed by atoms with Gasteiger partial charge in [-0.05, 0) is 38.2 Å². The van der Waals surface area contributed by atoms with Crippen LogP contribution in [0.5, 0.6) is 0 Å². The van der Waals surface area contributed by atoms with Gasteiger partial charge in [0.15, 0.2) is 0 Å². The minimum atomic E-state index is -0.219. The highest BCUT2D eigenvalue weighted by atomic mass is 16.5. The zero-order valence-electron chi connectivity index (χ0n) is 15.7. The summed E-state index contributed by atoms with van der Waals surface area (Å²) >= 11 is 0. The summed E-state index contributed by atoms with van der Waals surface area (Å²) in [6, 6.07) is 0. The number of aromatic nitrogens is 4. The summed E-state index contributed by atoms with van der Waals surface area (Å²) in [5, 5.41) is 3.27. The van der Waals surface area contributed by atoms with Gasteiger partial charge in [0.1, 0.15) is 11.3 Å². The fourth-order valence-electron chi connectivity index (χ4n) is 3.79. The minimum Gasteiger partial charge on any atom is -0.371 e. The Bertz CT molecular complexity index is 802. The van der Waals surface area contributed by atoms with Gasteiger partial charge in [0, 0.05) is 31.7 Å². The Morgan fingerprint density at radius 1 is 1.19 bits per heavy atom. The number of hydrogen-bond donors (Lipinski definition) is 1. The highest BCUT2D eigenvalue weighted by molar-refractivity contribution is 5.92. The van der Waals surface area contributed by atoms with E-state index >= 15 is 0 Å². The molecule has 1 amide bonds. The standard InChI is InChI=1S/C19H24N6O2/c1-13-7-23-18(24-8-13)20-5-3-15-4-6-27-19(15)11-25(12-19)17(26)16-10-21-14(2)9-22-16/h7-10,15H,3-6,11-12H2,1-2H3,(H,20,23,24)/t15-/m0/s1. The molecular weight excluding hydrogens is 344 g/mol. The lowest BCUT2D eigenvalue weighted by atomic mass is 9.79. The van der Waals surface area contributed by atoms with Gasteiger partial charge < -0.3 is 15.0 Å². The second-order valence-electron chi connectivity index (χ2n) is 7.40. The maximum absolute atomic E-state index is 12.6. The lowest BCUT2D eigenvalue weighted by molar-refractivity contribution is -0.117. The molecule has 0 bridgehead atoms. The molecule has 1 atom stereocenters. The van der Waals surface area contributed by atoms with Crippen LogP contribution in [0.3, 0.4) is 0 Å². The van der Waals surface area contributed by atoms with Crippen molar-refractivity contribution in [2.75, 3.05) is 31.6 Å². The van der Waals surface area contributed by atoms with E-state index in [1.54, 1.807) is 29.7 Å². The number of nitrogens with one attached hydrogen (secondary N) is 1. The third kappa shape index (κ3) is 3.62. The highest BCUT2D eigenvalue weighted by Crippen LogP contribution is 2.42. The van der Waals surface area contributed by atoms with E-state index in [-0.39, 0.29) is 11.5 Å². The van der Waals surface area contributed by atoms with Crippen molar-refractivity contribution in [2.24, 2.45) is 5.92 Å². The van der Waals surface area contributed by atoms with Gasteiger partial charge in [0.2, 0.25) is 5.95 Å². The van der Waals surface area contributed by atoms with Crippen molar-refractivity contribution >= 4 is 11.9 Å². The van der Waals surface area contributed by atoms with E-state index in [4.69, 9.17) is 4.74 Å². The zero-order chi connectivity index (χ0) is 18.9. The normalized spacial score (nSPS) is 20.5. The molecule has 2 aromatic heterocycles. The molecule has 2 aromatic rings. The van der Waals surface area contributed by atoms with E-state index in [9.17, 15) is 4.79 Å². The molecule has 27 heavy (non-hydrogen) atoms. The summed E-state index contributed by atoms with van der Waals surface area (Å²) in [5.74, 6) is 0.995. The SMILES string of the molecule is Cc1cnc(NCC[C@H]2CCOC23CN(C(=O)c2cnc(C)cn2)C3)nc1. The van der Waals surface area contributed by atoms with Crippen molar-refractivity contribution in [2.45, 2.75) is 32.3 Å². The smallest absolute Gasteiger partial charge is 0.274 e. The van der Waals surface area contributed by atoms with Crippen molar-refractivity contribution in [3.63, 3.8) is 0 Å². The van der Waals surface area contributed by atoms with Crippen molar-refractivity contribution < 1.29 is 9.53 Å². The highest BCUT2D eigenvalue weighted by Gasteiger charge is 2.54. The third-order valence-corrected chi connectivity index (χ3v) is 5.36. The molecule has 0 saturated carbocycles. The molecule has 2 aliphatic rings. The van der Waals surface area contributed by atoms with Crippen LogP contribution in [0.4, 0.5) is 5.95 Å². The van der Waals surface area contributed by atoms with Crippen LogP contribution in [-0.2, 0) is 4.74 Å². The third-order valence-electron chi connectivity index (χ3n) is 5.36. The Morgan fingerprint density at radius 3 is 2.67 bits per heavy atom. The Morgan fingerprint density at radius 2 is 1.96 bits per heavy atom. The lowest BCUT2D eigenvalue weighted by Crippen LogP contribution is -2.66. The van der Waals surface area contributed by atoms with Crippen LogP contribution >= 0.6 is 0 Å². The Balaban J connectivity index is 1.30. The number of carbonyl (C=O) groups is 1. The van der Waals surface area contributed by atoms with Gasteiger partial charge in [0.25, 0.3) is 5.91 Å². The fourth-order valence-corrected chi connectivity index (χ4v) is 3.79. The second-order valence-corrected chi connectivity index (χ2v) is 7.40. The summed E-state index contributed by atoms with van der Waals surface area (Å²) in [7, 11) is 0. The predicted octanol–water partition coefficient (Wildman–Crippen LogP) is 1.62. The monoisotopic (exact) mass is 368 g/mol. The van der Waals surface area contributed by atoms with Gasteiger partial charge in [-0.25, -0.2) is 15.0 Å². The molecular formula is C19H24N6O2. The first-order valence-corrected chi connectivity index (χ1v) is 9.30. The molecule has 2 fully saturated rings. The number of likely N-dealkylation sites (tertiary alicyclic amines) is 1. The molecule has 1 spiro atoms. The van der Waals surface area contributed by atoms with E-state index < -0.39 is 0 Å². The van der Waals surface area contributed by atoms with E-state index in [1.807, 2.05) is 13.8 Å². The van der Waals surface area contributed by atoms with Crippen LogP contribution in [0, 0.1) is 19.8 Å². The van der Waals surface area contributed by atoms with Crippen molar-refractivity contribution in [3.8, 4) is 0 Å². The van der Waals surface area contributed by atoms with Crippen molar-refractivity contribution in [1.82, 2.24) is 24.8 Å². The lowest BCUT2D eigenvalue weighted by Gasteiger charge is -2.50. The Hall–Kier alpha value is -2.61. The molecule has 0 unspecified atom stereocenters. The summed E-state index contributed by atoms with van der Waals surface area (Å²) in [6.07, 6.45) is 8.75. The maximum atomic E-state index is 12.6. The average Bonchev–Trinajstić information content (AvgIpc) is 3.06. The number of aryl methyl sites for hydroxylation is 2. The minimum absolute atomic E-state index is 0.0754. The van der Waals surface area contributed by atoms with Crippen molar-refractivity contribution in [3.05, 3.63) is 41.7 Å². The van der Waals surface area contributed by atoms with Crippen LogP contribution in [0.2, 0.25) is 0 Å². The molecule has 8 heteroatoms. The van der Waals surface area contributed by atoms with Crippen LogP contribution in [0.1, 0.15) is 34.6 Å². The predicted molar refractivity (Wildman–Crippen MR) is 99.3 cm³/mol. The number of rotatable bonds is 5. The second kappa shape index (κ2) is 7.19. The van der Waals surface area contributed by atoms with Gasteiger partial charge in [-0.1, -0.05) is 0 Å². The van der Waals surface area contributed by atoms with Gasteiger partial charge >= 0.3 is 0 Å². The number of anilines is 1. The van der Waals surface area contributed by atoms with Crippen LogP contribution < -0.4 is 5.32 Å². The van der Waals surface area contributed by atoms with Crippen molar-refractivity contribution in [1.29, 1.82) is 0 Å². The summed E-state index contributed by atoms with van der Waals surface area (Å²) in [5.41, 5.74) is 2.02. The first-order chi connectivity index (χ1) is 13.1. The van der Waals surface area contributed by atoms with E-state index in [1.165, 1.54) is 0 Å². The van der Waals surface area contributed by atoms with E-state index in [0.717, 1.165) is 37.3 Å². The number of amides is 1. The molecule has 8 nitrogen and oxygen atoms in total. The van der Waals surface area contributed by atoms with Gasteiger partial charge in [0.05, 0.1) is 25.0 Å². The molecule has 1 N–H and O–H groups in total. The molecule has 142 valence electrons. The van der Waals surface area contributed by atoms with Crippen LogP contribution in [0.15, 0.2) is 24.8 Å². The molecule has 0 aliphatic carbocycles.